The second kappa shape index (κ2) is 7.37. The number of benzene rings is 1. The van der Waals surface area contributed by atoms with Crippen LogP contribution in [0.1, 0.15) is 18.9 Å². The summed E-state index contributed by atoms with van der Waals surface area (Å²) in [6.45, 7) is 2.96. The number of hydrogen-bond acceptors (Lipinski definition) is 6. The molecule has 0 aliphatic heterocycles. The molecule has 0 saturated carbocycles. The van der Waals surface area contributed by atoms with E-state index in [0.717, 1.165) is 12.0 Å². The maximum atomic E-state index is 13.1. The van der Waals surface area contributed by atoms with Gasteiger partial charge in [-0.05, 0) is 24.1 Å². The fraction of sp³-hybridized carbons (Fsp3) is 0.357. The summed E-state index contributed by atoms with van der Waals surface area (Å²) in [5, 5.41) is 5.88. The Balaban J connectivity index is 2.07. The summed E-state index contributed by atoms with van der Waals surface area (Å²) in [4.78, 5) is 12.4. The predicted molar refractivity (Wildman–Crippen MR) is 78.9 cm³/mol. The molecule has 0 atom stereocenters. The Kier molecular flexibility index (Phi) is 5.25. The van der Waals surface area contributed by atoms with Crippen LogP contribution in [0.2, 0.25) is 0 Å². The van der Waals surface area contributed by atoms with Gasteiger partial charge in [-0.25, -0.2) is 4.39 Å². The van der Waals surface area contributed by atoms with E-state index in [2.05, 4.69) is 25.6 Å². The summed E-state index contributed by atoms with van der Waals surface area (Å²) in [5.74, 6) is 0.524. The molecule has 0 spiro atoms. The zero-order valence-electron chi connectivity index (χ0n) is 12.1. The average Bonchev–Trinajstić information content (AvgIpc) is 2.51. The molecule has 0 fully saturated rings. The largest absolute Gasteiger partial charge is 0.463 e. The quantitative estimate of drug-likeness (QED) is 0.816. The number of nitrogens with one attached hydrogen (secondary N) is 2. The van der Waals surface area contributed by atoms with Crippen molar-refractivity contribution in [1.29, 1.82) is 0 Å². The summed E-state index contributed by atoms with van der Waals surface area (Å²) < 4.78 is 18.5. The highest BCUT2D eigenvalue weighted by Crippen LogP contribution is 2.12. The van der Waals surface area contributed by atoms with Crippen molar-refractivity contribution in [1.82, 2.24) is 15.0 Å². The molecule has 0 saturated heterocycles. The van der Waals surface area contributed by atoms with Crippen molar-refractivity contribution < 1.29 is 9.13 Å². The maximum Gasteiger partial charge on any atom is 0.323 e. The maximum absolute atomic E-state index is 13.1. The molecule has 2 aromatic rings. The number of hydrogen-bond donors (Lipinski definition) is 2. The van der Waals surface area contributed by atoms with Gasteiger partial charge in [-0.15, -0.1) is 0 Å². The molecule has 1 aromatic carbocycles. The molecule has 0 aliphatic rings. The van der Waals surface area contributed by atoms with Gasteiger partial charge in [-0.3, -0.25) is 0 Å². The third kappa shape index (κ3) is 4.55. The van der Waals surface area contributed by atoms with E-state index in [1.54, 1.807) is 13.1 Å². The molecule has 0 radical (unpaired) electrons. The third-order valence-electron chi connectivity index (χ3n) is 2.61. The molecule has 6 nitrogen and oxygen atoms in total. The van der Waals surface area contributed by atoms with Gasteiger partial charge >= 0.3 is 6.01 Å². The highest BCUT2D eigenvalue weighted by molar-refractivity contribution is 5.36. The second-order valence-electron chi connectivity index (χ2n) is 4.35. The molecular formula is C14H18FN5O. The standard InChI is InChI=1S/C14H18FN5O/c1-3-7-21-14-19-12(16-2)18-13(20-14)17-9-10-5-4-6-11(15)8-10/h4-6,8H,3,7,9H2,1-2H3,(H2,16,17,18,19,20). The molecule has 21 heavy (non-hydrogen) atoms. The van der Waals surface area contributed by atoms with Gasteiger partial charge in [-0.1, -0.05) is 19.1 Å². The van der Waals surface area contributed by atoms with Crippen molar-refractivity contribution in [3.63, 3.8) is 0 Å². The number of aromatic nitrogens is 3. The van der Waals surface area contributed by atoms with E-state index in [1.165, 1.54) is 12.1 Å². The first kappa shape index (κ1) is 15.0. The molecule has 7 heteroatoms. The second-order valence-corrected chi connectivity index (χ2v) is 4.35. The molecule has 1 aromatic heterocycles. The molecule has 0 aliphatic carbocycles. The molecule has 2 N–H and O–H groups in total. The molecule has 2 rings (SSSR count). The van der Waals surface area contributed by atoms with E-state index < -0.39 is 0 Å². The number of halogens is 1. The van der Waals surface area contributed by atoms with Crippen LogP contribution >= 0.6 is 0 Å². The molecule has 1 heterocycles. The van der Waals surface area contributed by atoms with Crippen LogP contribution in [-0.2, 0) is 6.54 Å². The Morgan fingerprint density at radius 2 is 2.00 bits per heavy atom. The third-order valence-corrected chi connectivity index (χ3v) is 2.61. The number of rotatable bonds is 7. The minimum absolute atomic E-state index is 0.262. The van der Waals surface area contributed by atoms with Gasteiger partial charge in [0.1, 0.15) is 5.82 Å². The molecule has 0 unspecified atom stereocenters. The van der Waals surface area contributed by atoms with Gasteiger partial charge in [0, 0.05) is 13.6 Å². The van der Waals surface area contributed by atoms with Gasteiger partial charge in [0.15, 0.2) is 0 Å². The lowest BCUT2D eigenvalue weighted by molar-refractivity contribution is 0.292. The minimum atomic E-state index is -0.271. The SMILES string of the molecule is CCCOc1nc(NC)nc(NCc2cccc(F)c2)n1. The smallest absolute Gasteiger partial charge is 0.323 e. The Morgan fingerprint density at radius 1 is 1.19 bits per heavy atom. The van der Waals surface area contributed by atoms with Crippen molar-refractivity contribution in [2.24, 2.45) is 0 Å². The van der Waals surface area contributed by atoms with Crippen LogP contribution in [0.25, 0.3) is 0 Å². The van der Waals surface area contributed by atoms with Crippen molar-refractivity contribution in [2.45, 2.75) is 19.9 Å². The van der Waals surface area contributed by atoms with Crippen LogP contribution in [-0.4, -0.2) is 28.6 Å². The molecule has 112 valence electrons. The normalized spacial score (nSPS) is 10.2. The van der Waals surface area contributed by atoms with E-state index in [4.69, 9.17) is 4.74 Å². The van der Waals surface area contributed by atoms with Gasteiger partial charge < -0.3 is 15.4 Å². The van der Waals surface area contributed by atoms with Crippen LogP contribution in [0.3, 0.4) is 0 Å². The summed E-state index contributed by atoms with van der Waals surface area (Å²) in [7, 11) is 1.72. The lowest BCUT2D eigenvalue weighted by atomic mass is 10.2. The van der Waals surface area contributed by atoms with Crippen LogP contribution in [0.5, 0.6) is 6.01 Å². The van der Waals surface area contributed by atoms with Gasteiger partial charge in [-0.2, -0.15) is 15.0 Å². The zero-order valence-corrected chi connectivity index (χ0v) is 12.1. The van der Waals surface area contributed by atoms with Crippen molar-refractivity contribution in [3.05, 3.63) is 35.6 Å². The van der Waals surface area contributed by atoms with E-state index in [0.29, 0.717) is 25.0 Å². The lowest BCUT2D eigenvalue weighted by Crippen LogP contribution is -2.09. The van der Waals surface area contributed by atoms with Crippen LogP contribution in [0.4, 0.5) is 16.3 Å². The van der Waals surface area contributed by atoms with E-state index >= 15 is 0 Å². The lowest BCUT2D eigenvalue weighted by Gasteiger charge is -2.09. The van der Waals surface area contributed by atoms with Crippen molar-refractivity contribution in [2.75, 3.05) is 24.3 Å². The van der Waals surface area contributed by atoms with Gasteiger partial charge in [0.25, 0.3) is 0 Å². The zero-order chi connectivity index (χ0) is 15.1. The molecular weight excluding hydrogens is 273 g/mol. The fourth-order valence-corrected chi connectivity index (χ4v) is 1.63. The minimum Gasteiger partial charge on any atom is -0.463 e. The van der Waals surface area contributed by atoms with E-state index in [9.17, 15) is 4.39 Å². The Bertz CT molecular complexity index is 593. The summed E-state index contributed by atoms with van der Waals surface area (Å²) in [5.41, 5.74) is 0.803. The van der Waals surface area contributed by atoms with E-state index in [1.807, 2.05) is 13.0 Å². The van der Waals surface area contributed by atoms with Crippen molar-refractivity contribution in [3.8, 4) is 6.01 Å². The topological polar surface area (TPSA) is 72.0 Å². The van der Waals surface area contributed by atoms with Gasteiger partial charge in [0.2, 0.25) is 11.9 Å². The van der Waals surface area contributed by atoms with Crippen LogP contribution < -0.4 is 15.4 Å². The van der Waals surface area contributed by atoms with Gasteiger partial charge in [0.05, 0.1) is 6.61 Å². The Labute approximate surface area is 122 Å². The highest BCUT2D eigenvalue weighted by atomic mass is 19.1. The monoisotopic (exact) mass is 291 g/mol. The summed E-state index contributed by atoms with van der Waals surface area (Å²) in [6, 6.07) is 6.61. The number of anilines is 2. The average molecular weight is 291 g/mol. The fourth-order valence-electron chi connectivity index (χ4n) is 1.63. The molecule has 0 bridgehead atoms. The highest BCUT2D eigenvalue weighted by Gasteiger charge is 2.06. The number of ether oxygens (including phenoxy) is 1. The first-order chi connectivity index (χ1) is 10.2. The molecule has 0 amide bonds. The Morgan fingerprint density at radius 3 is 2.71 bits per heavy atom. The predicted octanol–water partition coefficient (Wildman–Crippen LogP) is 2.45. The van der Waals surface area contributed by atoms with E-state index in [-0.39, 0.29) is 11.8 Å². The summed E-state index contributed by atoms with van der Waals surface area (Å²) in [6.07, 6.45) is 0.868. The van der Waals surface area contributed by atoms with Crippen molar-refractivity contribution >= 4 is 11.9 Å². The Hall–Kier alpha value is -2.44. The number of nitrogens with zero attached hydrogens (tertiary/aromatic N) is 3. The van der Waals surface area contributed by atoms with Crippen LogP contribution in [0.15, 0.2) is 24.3 Å². The first-order valence-electron chi connectivity index (χ1n) is 6.76. The summed E-state index contributed by atoms with van der Waals surface area (Å²) >= 11 is 0. The van der Waals surface area contributed by atoms with Crippen LogP contribution in [0, 0.1) is 5.82 Å². The first-order valence-corrected chi connectivity index (χ1v) is 6.76.